The third kappa shape index (κ3) is 3.38. The predicted octanol–water partition coefficient (Wildman–Crippen LogP) is 4.16. The summed E-state index contributed by atoms with van der Waals surface area (Å²) in [6.07, 6.45) is 3.44. The van der Waals surface area contributed by atoms with Gasteiger partial charge < -0.3 is 4.90 Å². The molecule has 1 amide bonds. The molecule has 5 heteroatoms. The minimum absolute atomic E-state index is 0.0735. The van der Waals surface area contributed by atoms with Crippen molar-refractivity contribution in [3.05, 3.63) is 63.3 Å². The van der Waals surface area contributed by atoms with Crippen molar-refractivity contribution in [3.63, 3.8) is 0 Å². The number of nitrogens with zero attached hydrogens (tertiary/aromatic N) is 2. The first-order chi connectivity index (χ1) is 9.63. The van der Waals surface area contributed by atoms with E-state index in [-0.39, 0.29) is 5.91 Å². The number of halogens is 2. The van der Waals surface area contributed by atoms with Crippen molar-refractivity contribution in [2.24, 2.45) is 0 Å². The number of amides is 1. The molecule has 104 valence electrons. The fraction of sp³-hybridized carbons (Fsp3) is 0.200. The van der Waals surface area contributed by atoms with Gasteiger partial charge in [0.1, 0.15) is 0 Å². The maximum absolute atomic E-state index is 12.6. The molecular formula is C15H14BrClN2O. The average Bonchev–Trinajstić information content (AvgIpc) is 2.48. The van der Waals surface area contributed by atoms with Crippen molar-refractivity contribution in [2.45, 2.75) is 13.5 Å². The molecule has 1 heterocycles. The van der Waals surface area contributed by atoms with Crippen molar-refractivity contribution in [2.75, 3.05) is 6.54 Å². The summed E-state index contributed by atoms with van der Waals surface area (Å²) in [6.45, 7) is 3.11. The summed E-state index contributed by atoms with van der Waals surface area (Å²) < 4.78 is 0.727. The smallest absolute Gasteiger partial charge is 0.255 e. The second-order valence-corrected chi connectivity index (χ2v) is 5.51. The van der Waals surface area contributed by atoms with E-state index in [9.17, 15) is 4.79 Å². The predicted molar refractivity (Wildman–Crippen MR) is 83.8 cm³/mol. The van der Waals surface area contributed by atoms with Gasteiger partial charge in [-0.25, -0.2) is 0 Å². The van der Waals surface area contributed by atoms with Crippen LogP contribution in [0.25, 0.3) is 0 Å². The van der Waals surface area contributed by atoms with Crippen molar-refractivity contribution in [3.8, 4) is 0 Å². The van der Waals surface area contributed by atoms with Crippen LogP contribution in [0.2, 0.25) is 5.02 Å². The Balaban J connectivity index is 2.23. The number of carbonyl (C=O) groups excluding carboxylic acids is 1. The molecule has 0 unspecified atom stereocenters. The lowest BCUT2D eigenvalue weighted by molar-refractivity contribution is 0.0752. The number of hydrogen-bond donors (Lipinski definition) is 0. The van der Waals surface area contributed by atoms with E-state index in [0.29, 0.717) is 23.7 Å². The molecule has 0 spiro atoms. The van der Waals surface area contributed by atoms with Gasteiger partial charge in [-0.3, -0.25) is 9.78 Å². The van der Waals surface area contributed by atoms with Gasteiger partial charge in [0.15, 0.2) is 0 Å². The molecule has 0 aliphatic carbocycles. The van der Waals surface area contributed by atoms with Crippen LogP contribution in [0.4, 0.5) is 0 Å². The van der Waals surface area contributed by atoms with Crippen LogP contribution in [0.3, 0.4) is 0 Å². The Hall–Kier alpha value is -1.39. The maximum atomic E-state index is 12.6. The highest BCUT2D eigenvalue weighted by atomic mass is 79.9. The van der Waals surface area contributed by atoms with Crippen molar-refractivity contribution in [1.82, 2.24) is 9.88 Å². The minimum atomic E-state index is -0.0735. The summed E-state index contributed by atoms with van der Waals surface area (Å²) in [5, 5.41) is 0.450. The van der Waals surface area contributed by atoms with Crippen LogP contribution >= 0.6 is 27.5 Å². The summed E-state index contributed by atoms with van der Waals surface area (Å²) in [5.74, 6) is -0.0735. The van der Waals surface area contributed by atoms with Crippen LogP contribution < -0.4 is 0 Å². The van der Waals surface area contributed by atoms with Crippen LogP contribution in [-0.2, 0) is 6.54 Å². The molecule has 1 aromatic carbocycles. The van der Waals surface area contributed by atoms with Crippen molar-refractivity contribution in [1.29, 1.82) is 0 Å². The van der Waals surface area contributed by atoms with Gasteiger partial charge in [-0.2, -0.15) is 0 Å². The van der Waals surface area contributed by atoms with Gasteiger partial charge in [-0.05, 0) is 52.7 Å². The number of carbonyl (C=O) groups is 1. The first-order valence-corrected chi connectivity index (χ1v) is 7.42. The van der Waals surface area contributed by atoms with E-state index in [1.54, 1.807) is 23.4 Å². The summed E-state index contributed by atoms with van der Waals surface area (Å²) in [5.41, 5.74) is 1.55. The van der Waals surface area contributed by atoms with Gasteiger partial charge in [0.05, 0.1) is 10.6 Å². The zero-order chi connectivity index (χ0) is 14.5. The Bertz CT molecular complexity index is 604. The van der Waals surface area contributed by atoms with Gasteiger partial charge in [-0.1, -0.05) is 17.7 Å². The molecule has 0 atom stereocenters. The molecule has 0 radical (unpaired) electrons. The average molecular weight is 354 g/mol. The molecular weight excluding hydrogens is 340 g/mol. The van der Waals surface area contributed by atoms with Crippen LogP contribution in [0.15, 0.2) is 47.2 Å². The third-order valence-electron chi connectivity index (χ3n) is 2.97. The van der Waals surface area contributed by atoms with E-state index >= 15 is 0 Å². The molecule has 0 N–H and O–H groups in total. The van der Waals surface area contributed by atoms with Gasteiger partial charge >= 0.3 is 0 Å². The standard InChI is InChI=1S/C15H14BrClN2O/c1-2-19(10-11-6-8-18-9-7-11)15(20)12-4-3-5-13(16)14(12)17/h3-9H,2,10H2,1H3. The first-order valence-electron chi connectivity index (χ1n) is 6.25. The SMILES string of the molecule is CCN(Cc1ccncc1)C(=O)c1cccc(Br)c1Cl. The molecule has 2 aromatic rings. The van der Waals surface area contributed by atoms with Gasteiger partial charge in [0, 0.05) is 30.0 Å². The van der Waals surface area contributed by atoms with Crippen LogP contribution in [-0.4, -0.2) is 22.3 Å². The molecule has 3 nitrogen and oxygen atoms in total. The van der Waals surface area contributed by atoms with Crippen molar-refractivity contribution < 1.29 is 4.79 Å². The zero-order valence-corrected chi connectivity index (χ0v) is 13.4. The normalized spacial score (nSPS) is 10.3. The minimum Gasteiger partial charge on any atom is -0.335 e. The second-order valence-electron chi connectivity index (χ2n) is 4.28. The second kappa shape index (κ2) is 6.86. The summed E-state index contributed by atoms with van der Waals surface area (Å²) >= 11 is 9.53. The largest absolute Gasteiger partial charge is 0.335 e. The van der Waals surface area contributed by atoms with Gasteiger partial charge in [0.2, 0.25) is 0 Å². The lowest BCUT2D eigenvalue weighted by Crippen LogP contribution is -2.30. The molecule has 0 bridgehead atoms. The zero-order valence-electron chi connectivity index (χ0n) is 11.0. The Kier molecular flexibility index (Phi) is 5.15. The fourth-order valence-electron chi connectivity index (χ4n) is 1.88. The Morgan fingerprint density at radius 1 is 1.30 bits per heavy atom. The molecule has 0 saturated carbocycles. The summed E-state index contributed by atoms with van der Waals surface area (Å²) in [4.78, 5) is 18.3. The number of pyridine rings is 1. The van der Waals surface area contributed by atoms with Crippen LogP contribution in [0, 0.1) is 0 Å². The number of hydrogen-bond acceptors (Lipinski definition) is 2. The summed E-state index contributed by atoms with van der Waals surface area (Å²) in [7, 11) is 0. The molecule has 0 fully saturated rings. The molecule has 2 rings (SSSR count). The van der Waals surface area contributed by atoms with E-state index in [2.05, 4.69) is 20.9 Å². The Morgan fingerprint density at radius 2 is 2.00 bits per heavy atom. The lowest BCUT2D eigenvalue weighted by Gasteiger charge is -2.21. The quantitative estimate of drug-likeness (QED) is 0.827. The van der Waals surface area contributed by atoms with Crippen molar-refractivity contribution >= 4 is 33.4 Å². The van der Waals surface area contributed by atoms with Gasteiger partial charge in [0.25, 0.3) is 5.91 Å². The highest BCUT2D eigenvalue weighted by Crippen LogP contribution is 2.27. The third-order valence-corrected chi connectivity index (χ3v) is 4.27. The Labute approximate surface area is 131 Å². The fourth-order valence-corrected chi connectivity index (χ4v) is 2.45. The highest BCUT2D eigenvalue weighted by molar-refractivity contribution is 9.10. The molecule has 0 saturated heterocycles. The molecule has 0 aliphatic rings. The number of rotatable bonds is 4. The van der Waals surface area contributed by atoms with Crippen LogP contribution in [0.5, 0.6) is 0 Å². The summed E-state index contributed by atoms with van der Waals surface area (Å²) in [6, 6.07) is 9.17. The van der Waals surface area contributed by atoms with Crippen LogP contribution in [0.1, 0.15) is 22.8 Å². The van der Waals surface area contributed by atoms with E-state index < -0.39 is 0 Å². The van der Waals surface area contributed by atoms with E-state index in [4.69, 9.17) is 11.6 Å². The highest BCUT2D eigenvalue weighted by Gasteiger charge is 2.18. The van der Waals surface area contributed by atoms with E-state index in [1.807, 2.05) is 31.2 Å². The Morgan fingerprint density at radius 3 is 2.65 bits per heavy atom. The maximum Gasteiger partial charge on any atom is 0.255 e. The molecule has 1 aromatic heterocycles. The monoisotopic (exact) mass is 352 g/mol. The van der Waals surface area contributed by atoms with E-state index in [0.717, 1.165) is 10.0 Å². The molecule has 20 heavy (non-hydrogen) atoms. The topological polar surface area (TPSA) is 33.2 Å². The van der Waals surface area contributed by atoms with Gasteiger partial charge in [-0.15, -0.1) is 0 Å². The number of aromatic nitrogens is 1. The van der Waals surface area contributed by atoms with E-state index in [1.165, 1.54) is 0 Å². The number of benzene rings is 1. The first kappa shape index (κ1) is 15.0. The lowest BCUT2D eigenvalue weighted by atomic mass is 10.1. The molecule has 0 aliphatic heterocycles.